The number of hydrogen-bond donors (Lipinski definition) is 0. The molecule has 2 unspecified atom stereocenters. The van der Waals surface area contributed by atoms with Crippen LogP contribution in [0.1, 0.15) is 25.3 Å². The maximum Gasteiger partial charge on any atom is 0.387 e. The summed E-state index contributed by atoms with van der Waals surface area (Å²) in [6, 6.07) is 8.99. The average Bonchev–Trinajstić information content (AvgIpc) is 2.69. The van der Waals surface area contributed by atoms with Gasteiger partial charge in [0.2, 0.25) is 0 Å². The van der Waals surface area contributed by atoms with Crippen molar-refractivity contribution in [2.75, 3.05) is 0 Å². The third-order valence-electron chi connectivity index (χ3n) is 4.85. The Morgan fingerprint density at radius 1 is 1.03 bits per heavy atom. The molecule has 2 atom stereocenters. The molecule has 1 nitrogen and oxygen atoms in total. The molecule has 0 amide bonds. The molecule has 0 heterocycles. The second-order valence-electron chi connectivity index (χ2n) is 6.77. The number of benzene rings is 2. The zero-order chi connectivity index (χ0) is 22.1. The summed E-state index contributed by atoms with van der Waals surface area (Å²) in [7, 11) is 0. The van der Waals surface area contributed by atoms with Gasteiger partial charge in [-0.25, -0.2) is 22.0 Å². The maximum absolute atomic E-state index is 15.3. The van der Waals surface area contributed by atoms with E-state index in [2.05, 4.69) is 4.74 Å². The van der Waals surface area contributed by atoms with Gasteiger partial charge in [-0.15, -0.1) is 0 Å². The van der Waals surface area contributed by atoms with E-state index in [0.717, 1.165) is 12.1 Å². The Kier molecular flexibility index (Phi) is 6.24. The van der Waals surface area contributed by atoms with Gasteiger partial charge < -0.3 is 4.74 Å². The first-order valence-corrected chi connectivity index (χ1v) is 9.14. The third kappa shape index (κ3) is 3.82. The minimum Gasteiger partial charge on any atom is -0.434 e. The van der Waals surface area contributed by atoms with Crippen LogP contribution in [0.2, 0.25) is 0 Å². The van der Waals surface area contributed by atoms with E-state index in [4.69, 9.17) is 0 Å². The van der Waals surface area contributed by atoms with Gasteiger partial charge in [-0.3, -0.25) is 0 Å². The molecule has 0 bridgehead atoms. The molecule has 8 heteroatoms. The summed E-state index contributed by atoms with van der Waals surface area (Å²) in [6.45, 7) is -2.02. The molecule has 0 saturated carbocycles. The van der Waals surface area contributed by atoms with E-state index in [0.29, 0.717) is 0 Å². The van der Waals surface area contributed by atoms with Crippen molar-refractivity contribution in [3.63, 3.8) is 0 Å². The van der Waals surface area contributed by atoms with Crippen molar-refractivity contribution >= 4 is 5.57 Å². The Morgan fingerprint density at radius 2 is 1.70 bits per heavy atom. The molecular weight excluding hydrogens is 413 g/mol. The fraction of sp³-hybridized carbons (Fsp3) is 0.273. The molecule has 0 aromatic heterocycles. The monoisotopic (exact) mass is 430 g/mol. The Balaban J connectivity index is 2.27. The SMILES string of the molecule is CCCC1(F)C(F)=CC(OC(F)F)=C(c2ccc(F)c(-c3ccccc3)c2F)C1F. The highest BCUT2D eigenvalue weighted by molar-refractivity contribution is 5.80. The van der Waals surface area contributed by atoms with Crippen LogP contribution in [0.5, 0.6) is 0 Å². The summed E-state index contributed by atoms with van der Waals surface area (Å²) in [5.41, 5.74) is -5.28. The minimum atomic E-state index is -3.50. The molecule has 0 aliphatic heterocycles. The maximum atomic E-state index is 15.3. The van der Waals surface area contributed by atoms with Gasteiger partial charge in [0.25, 0.3) is 0 Å². The quantitative estimate of drug-likeness (QED) is 0.437. The van der Waals surface area contributed by atoms with Gasteiger partial charge in [0.05, 0.1) is 5.56 Å². The lowest BCUT2D eigenvalue weighted by atomic mass is 9.80. The van der Waals surface area contributed by atoms with Crippen LogP contribution in [0.4, 0.5) is 30.7 Å². The predicted molar refractivity (Wildman–Crippen MR) is 98.6 cm³/mol. The zero-order valence-corrected chi connectivity index (χ0v) is 15.7. The van der Waals surface area contributed by atoms with Crippen molar-refractivity contribution in [2.45, 2.75) is 38.2 Å². The van der Waals surface area contributed by atoms with Crippen molar-refractivity contribution in [3.8, 4) is 11.1 Å². The summed E-state index contributed by atoms with van der Waals surface area (Å²) in [5.74, 6) is -4.98. The average molecular weight is 430 g/mol. The Labute approximate surface area is 168 Å². The second kappa shape index (κ2) is 8.53. The molecule has 0 radical (unpaired) electrons. The largest absolute Gasteiger partial charge is 0.434 e. The van der Waals surface area contributed by atoms with E-state index in [1.807, 2.05) is 0 Å². The summed E-state index contributed by atoms with van der Waals surface area (Å²) >= 11 is 0. The van der Waals surface area contributed by atoms with Gasteiger partial charge >= 0.3 is 6.61 Å². The molecule has 0 saturated heterocycles. The number of allylic oxidation sites excluding steroid dienone is 3. The first kappa shape index (κ1) is 21.9. The highest BCUT2D eigenvalue weighted by atomic mass is 19.3. The smallest absolute Gasteiger partial charge is 0.387 e. The van der Waals surface area contributed by atoms with E-state index in [1.165, 1.54) is 31.2 Å². The van der Waals surface area contributed by atoms with Crippen LogP contribution >= 0.6 is 0 Å². The van der Waals surface area contributed by atoms with Gasteiger partial charge in [-0.1, -0.05) is 43.7 Å². The molecule has 0 N–H and O–H groups in total. The van der Waals surface area contributed by atoms with E-state index >= 15 is 13.2 Å². The van der Waals surface area contributed by atoms with E-state index in [9.17, 15) is 17.6 Å². The molecule has 0 spiro atoms. The van der Waals surface area contributed by atoms with Crippen LogP contribution in [0.3, 0.4) is 0 Å². The van der Waals surface area contributed by atoms with Crippen molar-refractivity contribution in [1.29, 1.82) is 0 Å². The van der Waals surface area contributed by atoms with E-state index in [-0.39, 0.29) is 18.1 Å². The summed E-state index contributed by atoms with van der Waals surface area (Å²) in [4.78, 5) is 0. The highest BCUT2D eigenvalue weighted by Crippen LogP contribution is 2.47. The number of halogens is 7. The molecule has 1 aliphatic carbocycles. The van der Waals surface area contributed by atoms with Crippen molar-refractivity contribution in [2.24, 2.45) is 0 Å². The van der Waals surface area contributed by atoms with Crippen molar-refractivity contribution in [1.82, 2.24) is 0 Å². The van der Waals surface area contributed by atoms with E-state index < -0.39 is 64.8 Å². The van der Waals surface area contributed by atoms with Crippen LogP contribution in [0.25, 0.3) is 16.7 Å². The number of rotatable bonds is 6. The lowest BCUT2D eigenvalue weighted by molar-refractivity contribution is -0.0935. The van der Waals surface area contributed by atoms with Crippen LogP contribution < -0.4 is 0 Å². The Morgan fingerprint density at radius 3 is 2.30 bits per heavy atom. The summed E-state index contributed by atoms with van der Waals surface area (Å²) < 4.78 is 104. The molecule has 2 aromatic rings. The number of ether oxygens (including phenoxy) is 1. The topological polar surface area (TPSA) is 9.23 Å². The minimum absolute atomic E-state index is 0.0255. The molecule has 160 valence electrons. The lowest BCUT2D eigenvalue weighted by Crippen LogP contribution is -2.40. The number of hydrogen-bond acceptors (Lipinski definition) is 1. The third-order valence-corrected chi connectivity index (χ3v) is 4.85. The van der Waals surface area contributed by atoms with Crippen molar-refractivity contribution < 1.29 is 35.5 Å². The summed E-state index contributed by atoms with van der Waals surface area (Å²) in [5, 5.41) is 0. The first-order valence-electron chi connectivity index (χ1n) is 9.14. The first-order chi connectivity index (χ1) is 14.2. The molecular formula is C22H17F7O. The molecule has 3 rings (SSSR count). The van der Waals surface area contributed by atoms with Crippen LogP contribution in [0.15, 0.2) is 60.1 Å². The van der Waals surface area contributed by atoms with Gasteiger partial charge in [0.15, 0.2) is 11.8 Å². The van der Waals surface area contributed by atoms with Gasteiger partial charge in [-0.05, 0) is 24.1 Å². The van der Waals surface area contributed by atoms with Gasteiger partial charge in [0.1, 0.15) is 23.2 Å². The molecule has 2 aromatic carbocycles. The Hall–Kier alpha value is -2.77. The van der Waals surface area contributed by atoms with Crippen molar-refractivity contribution in [3.05, 3.63) is 77.3 Å². The molecule has 0 fully saturated rings. The van der Waals surface area contributed by atoms with Crippen LogP contribution in [-0.4, -0.2) is 18.5 Å². The Bertz CT molecular complexity index is 984. The van der Waals surface area contributed by atoms with Crippen LogP contribution in [0, 0.1) is 11.6 Å². The second-order valence-corrected chi connectivity index (χ2v) is 6.77. The molecule has 1 aliphatic rings. The number of alkyl halides is 4. The fourth-order valence-electron chi connectivity index (χ4n) is 3.49. The lowest BCUT2D eigenvalue weighted by Gasteiger charge is -2.33. The zero-order valence-electron chi connectivity index (χ0n) is 15.7. The van der Waals surface area contributed by atoms with Gasteiger partial charge in [0, 0.05) is 17.2 Å². The summed E-state index contributed by atoms with van der Waals surface area (Å²) in [6.07, 6.45) is -3.15. The van der Waals surface area contributed by atoms with Crippen LogP contribution in [-0.2, 0) is 4.74 Å². The fourth-order valence-corrected chi connectivity index (χ4v) is 3.49. The predicted octanol–water partition coefficient (Wildman–Crippen LogP) is 7.30. The van der Waals surface area contributed by atoms with E-state index in [1.54, 1.807) is 6.07 Å². The normalized spacial score (nSPS) is 21.8. The van der Waals surface area contributed by atoms with Gasteiger partial charge in [-0.2, -0.15) is 8.78 Å². The highest BCUT2D eigenvalue weighted by Gasteiger charge is 2.50. The molecule has 30 heavy (non-hydrogen) atoms. The standard InChI is InChI=1S/C22H17F7O/c1-2-10-22(29)16(24)11-15(30-21(27)28)18(20(22)26)13-8-9-14(23)17(19(13)25)12-6-4-3-5-7-12/h3-9,11,20-21H,2,10H2,1H3.